The molecule has 0 aliphatic carbocycles. The highest BCUT2D eigenvalue weighted by Gasteiger charge is 2.50. The Bertz CT molecular complexity index is 491. The lowest BCUT2D eigenvalue weighted by molar-refractivity contribution is -0.0701. The van der Waals surface area contributed by atoms with Gasteiger partial charge in [-0.15, -0.1) is 0 Å². The molecule has 7 atom stereocenters. The van der Waals surface area contributed by atoms with Gasteiger partial charge < -0.3 is 15.0 Å². The third kappa shape index (κ3) is 2.80. The Balaban J connectivity index is 1.67. The van der Waals surface area contributed by atoms with E-state index in [-0.39, 0.29) is 42.9 Å². The van der Waals surface area contributed by atoms with Gasteiger partial charge in [-0.1, -0.05) is 0 Å². The van der Waals surface area contributed by atoms with Gasteiger partial charge in [-0.05, 0) is 46.7 Å². The van der Waals surface area contributed by atoms with Crippen LogP contribution in [0.4, 0.5) is 4.79 Å². The maximum atomic E-state index is 12.7. The summed E-state index contributed by atoms with van der Waals surface area (Å²) in [7, 11) is 2.13. The number of carbonyl (C=O) groups excluding carboxylic acids is 1. The van der Waals surface area contributed by atoms with Crippen LogP contribution in [0.2, 0.25) is 0 Å². The zero-order chi connectivity index (χ0) is 16.8. The molecule has 4 rings (SSSR count). The minimum atomic E-state index is -0.0190. The van der Waals surface area contributed by atoms with Crippen molar-refractivity contribution in [1.29, 1.82) is 0 Å². The van der Waals surface area contributed by atoms with Crippen molar-refractivity contribution in [3.63, 3.8) is 0 Å². The lowest BCUT2D eigenvalue weighted by Crippen LogP contribution is -2.68. The van der Waals surface area contributed by atoms with Gasteiger partial charge in [-0.3, -0.25) is 20.9 Å². The first-order chi connectivity index (χ1) is 11.5. The van der Waals surface area contributed by atoms with Crippen molar-refractivity contribution in [1.82, 2.24) is 31.1 Å². The van der Waals surface area contributed by atoms with Crippen LogP contribution in [0.5, 0.6) is 0 Å². The molecule has 4 aliphatic heterocycles. The third-order valence-corrected chi connectivity index (χ3v) is 5.97. The van der Waals surface area contributed by atoms with Crippen molar-refractivity contribution in [2.24, 2.45) is 0 Å². The lowest BCUT2D eigenvalue weighted by Gasteiger charge is -2.45. The van der Waals surface area contributed by atoms with Crippen LogP contribution in [0, 0.1) is 0 Å². The molecule has 0 aromatic carbocycles. The van der Waals surface area contributed by atoms with E-state index >= 15 is 0 Å². The molecule has 8 nitrogen and oxygen atoms in total. The van der Waals surface area contributed by atoms with Crippen LogP contribution in [-0.2, 0) is 4.74 Å². The highest BCUT2D eigenvalue weighted by Crippen LogP contribution is 2.29. The number of urea groups is 1. The van der Waals surface area contributed by atoms with Crippen LogP contribution in [0.1, 0.15) is 33.1 Å². The van der Waals surface area contributed by atoms with Gasteiger partial charge in [0.2, 0.25) is 0 Å². The summed E-state index contributed by atoms with van der Waals surface area (Å²) in [6.07, 6.45) is 3.15. The van der Waals surface area contributed by atoms with Crippen molar-refractivity contribution >= 4 is 6.03 Å². The van der Waals surface area contributed by atoms with Crippen LogP contribution in [0.25, 0.3) is 0 Å². The highest BCUT2D eigenvalue weighted by molar-refractivity contribution is 5.78. The van der Waals surface area contributed by atoms with E-state index < -0.39 is 0 Å². The van der Waals surface area contributed by atoms with Crippen molar-refractivity contribution < 1.29 is 9.53 Å². The molecule has 4 aliphatic rings. The van der Waals surface area contributed by atoms with Gasteiger partial charge in [0, 0.05) is 12.6 Å². The third-order valence-electron chi connectivity index (χ3n) is 5.97. The summed E-state index contributed by atoms with van der Waals surface area (Å²) < 4.78 is 6.43. The first-order valence-electron chi connectivity index (χ1n) is 9.23. The second-order valence-electron chi connectivity index (χ2n) is 7.63. The summed E-state index contributed by atoms with van der Waals surface area (Å²) in [5, 5.41) is 13.7. The number of amides is 2. The Hall–Kier alpha value is -0.930. The van der Waals surface area contributed by atoms with Gasteiger partial charge in [-0.2, -0.15) is 0 Å². The molecule has 5 unspecified atom stereocenters. The SMILES string of the molecule is C[C@@H]1C[C@H](C)N(C)C2NCCC(N2)N2C(=O)NC3NCCC(O1)C32. The Morgan fingerprint density at radius 1 is 1.17 bits per heavy atom. The summed E-state index contributed by atoms with van der Waals surface area (Å²) >= 11 is 0. The average Bonchev–Trinajstić information content (AvgIpc) is 2.90. The molecule has 0 saturated carbocycles. The van der Waals surface area contributed by atoms with E-state index in [0.29, 0.717) is 6.04 Å². The quantitative estimate of drug-likeness (QED) is 0.472. The topological polar surface area (TPSA) is 80.9 Å². The molecule has 2 bridgehead atoms. The fraction of sp³-hybridized carbons (Fsp3) is 0.938. The molecule has 4 heterocycles. The average molecular weight is 338 g/mol. The maximum absolute atomic E-state index is 12.7. The Kier molecular flexibility index (Phi) is 4.42. The smallest absolute Gasteiger partial charge is 0.320 e. The van der Waals surface area contributed by atoms with E-state index in [9.17, 15) is 4.79 Å². The molecule has 0 aromatic rings. The molecule has 4 saturated heterocycles. The standard InChI is InChI=1S/C16H30N6O2/c1-9-8-10(2)24-11-4-6-17-14-13(11)22(16(23)20-14)12-5-7-18-15(19-12)21(9)3/h9-15,17-19H,4-8H2,1-3H3,(H,20,23)/t9-,10+,11?,12?,13?,14?,15?/m0/s1. The minimum absolute atomic E-state index is 0.00810. The van der Waals surface area contributed by atoms with Crippen molar-refractivity contribution in [3.05, 3.63) is 0 Å². The number of nitrogens with zero attached hydrogens (tertiary/aromatic N) is 2. The molecule has 4 fully saturated rings. The van der Waals surface area contributed by atoms with Gasteiger partial charge in [0.1, 0.15) is 12.5 Å². The largest absolute Gasteiger partial charge is 0.373 e. The Morgan fingerprint density at radius 2 is 1.96 bits per heavy atom. The number of ether oxygens (including phenoxy) is 1. The number of hydrogen-bond acceptors (Lipinski definition) is 6. The summed E-state index contributed by atoms with van der Waals surface area (Å²) in [4.78, 5) is 17.0. The molecular formula is C16H30N6O2. The lowest BCUT2D eigenvalue weighted by atomic mass is 9.99. The molecule has 0 spiro atoms. The number of fused-ring (bicyclic) bond motifs is 3. The van der Waals surface area contributed by atoms with Crippen LogP contribution in [-0.4, -0.2) is 78.9 Å². The van der Waals surface area contributed by atoms with Crippen LogP contribution in [0.3, 0.4) is 0 Å². The van der Waals surface area contributed by atoms with E-state index in [1.165, 1.54) is 0 Å². The molecule has 136 valence electrons. The van der Waals surface area contributed by atoms with Crippen LogP contribution >= 0.6 is 0 Å². The van der Waals surface area contributed by atoms with Gasteiger partial charge in [-0.25, -0.2) is 4.79 Å². The predicted octanol–water partition coefficient (Wildman–Crippen LogP) is -0.610. The fourth-order valence-corrected chi connectivity index (χ4v) is 4.62. The van der Waals surface area contributed by atoms with E-state index in [0.717, 1.165) is 32.4 Å². The van der Waals surface area contributed by atoms with Gasteiger partial charge in [0.05, 0.1) is 24.4 Å². The summed E-state index contributed by atoms with van der Waals surface area (Å²) in [5.74, 6) is 0. The van der Waals surface area contributed by atoms with Crippen molar-refractivity contribution in [2.75, 3.05) is 20.1 Å². The summed E-state index contributed by atoms with van der Waals surface area (Å²) in [5.41, 5.74) is 0. The van der Waals surface area contributed by atoms with Crippen LogP contribution < -0.4 is 21.3 Å². The number of carbonyl (C=O) groups is 1. The van der Waals surface area contributed by atoms with Crippen molar-refractivity contribution in [2.45, 2.75) is 76.0 Å². The summed E-state index contributed by atoms with van der Waals surface area (Å²) in [6.45, 7) is 6.17. The monoisotopic (exact) mass is 338 g/mol. The molecule has 0 aromatic heterocycles. The second kappa shape index (κ2) is 6.42. The molecule has 0 radical (unpaired) electrons. The van der Waals surface area contributed by atoms with Gasteiger partial charge in [0.15, 0.2) is 0 Å². The van der Waals surface area contributed by atoms with Gasteiger partial charge >= 0.3 is 6.03 Å². The summed E-state index contributed by atoms with van der Waals surface area (Å²) in [6, 6.07) is 0.445. The fourth-order valence-electron chi connectivity index (χ4n) is 4.62. The first-order valence-corrected chi connectivity index (χ1v) is 9.23. The zero-order valence-corrected chi connectivity index (χ0v) is 14.8. The molecule has 4 N–H and O–H groups in total. The maximum Gasteiger partial charge on any atom is 0.320 e. The normalized spacial score (nSPS) is 46.9. The van der Waals surface area contributed by atoms with Crippen molar-refractivity contribution in [3.8, 4) is 0 Å². The highest BCUT2D eigenvalue weighted by atomic mass is 16.5. The first kappa shape index (κ1) is 16.5. The number of rotatable bonds is 0. The van der Waals surface area contributed by atoms with E-state index in [4.69, 9.17) is 4.74 Å². The Morgan fingerprint density at radius 3 is 2.79 bits per heavy atom. The minimum Gasteiger partial charge on any atom is -0.373 e. The second-order valence-corrected chi connectivity index (χ2v) is 7.63. The van der Waals surface area contributed by atoms with E-state index in [1.807, 2.05) is 4.90 Å². The molecular weight excluding hydrogens is 308 g/mol. The Labute approximate surface area is 143 Å². The number of piperidine rings is 1. The molecule has 8 heteroatoms. The van der Waals surface area contributed by atoms with Crippen LogP contribution in [0.15, 0.2) is 0 Å². The van der Waals surface area contributed by atoms with E-state index in [1.54, 1.807) is 0 Å². The van der Waals surface area contributed by atoms with E-state index in [2.05, 4.69) is 47.1 Å². The van der Waals surface area contributed by atoms with Gasteiger partial charge in [0.25, 0.3) is 0 Å². The molecule has 2 amide bonds. The zero-order valence-electron chi connectivity index (χ0n) is 14.8. The number of hydrogen-bond donors (Lipinski definition) is 4. The number of nitrogens with one attached hydrogen (secondary N) is 4. The predicted molar refractivity (Wildman–Crippen MR) is 90.1 cm³/mol. The molecule has 24 heavy (non-hydrogen) atoms.